The summed E-state index contributed by atoms with van der Waals surface area (Å²) in [6.07, 6.45) is 4.43. The van der Waals surface area contributed by atoms with Gasteiger partial charge in [-0.25, -0.2) is 4.98 Å². The highest BCUT2D eigenvalue weighted by molar-refractivity contribution is 7.09. The maximum atomic E-state index is 13.3. The van der Waals surface area contributed by atoms with Crippen LogP contribution in [-0.4, -0.2) is 44.7 Å². The van der Waals surface area contributed by atoms with E-state index in [0.29, 0.717) is 49.6 Å². The molecule has 2 aliphatic rings. The van der Waals surface area contributed by atoms with Crippen molar-refractivity contribution in [2.24, 2.45) is 5.92 Å². The summed E-state index contributed by atoms with van der Waals surface area (Å²) in [7, 11) is 0. The van der Waals surface area contributed by atoms with Crippen LogP contribution in [0.15, 0.2) is 22.3 Å². The number of H-pyrrole nitrogens is 1. The maximum absolute atomic E-state index is 13.3. The molecule has 0 unspecified atom stereocenters. The highest BCUT2D eigenvalue weighted by Crippen LogP contribution is 2.31. The summed E-state index contributed by atoms with van der Waals surface area (Å²) in [6, 6.07) is 3.85. The fourth-order valence-electron chi connectivity index (χ4n) is 4.63. The average Bonchev–Trinajstić information content (AvgIpc) is 3.30. The molecule has 2 atom stereocenters. The second-order valence-corrected chi connectivity index (χ2v) is 9.56. The first-order valence-electron chi connectivity index (χ1n) is 11.2. The second kappa shape index (κ2) is 9.34. The van der Waals surface area contributed by atoms with Crippen LogP contribution in [-0.2, 0) is 29.0 Å². The number of aromatic nitrogens is 2. The van der Waals surface area contributed by atoms with Gasteiger partial charge < -0.3 is 14.8 Å². The van der Waals surface area contributed by atoms with Gasteiger partial charge in [-0.1, -0.05) is 19.9 Å². The highest BCUT2D eigenvalue weighted by atomic mass is 32.1. The molecule has 0 aliphatic carbocycles. The van der Waals surface area contributed by atoms with E-state index in [2.05, 4.69) is 11.1 Å². The van der Waals surface area contributed by atoms with Gasteiger partial charge in [-0.2, -0.15) is 0 Å². The summed E-state index contributed by atoms with van der Waals surface area (Å²) in [6.45, 7) is 5.42. The number of carbonyl (C=O) groups is 2. The molecule has 1 saturated heterocycles. The van der Waals surface area contributed by atoms with E-state index in [4.69, 9.17) is 4.98 Å². The molecule has 0 bridgehead atoms. The van der Waals surface area contributed by atoms with Crippen molar-refractivity contribution in [3.8, 4) is 0 Å². The lowest BCUT2D eigenvalue weighted by Gasteiger charge is -2.37. The Morgan fingerprint density at radius 3 is 2.90 bits per heavy atom. The van der Waals surface area contributed by atoms with Crippen LogP contribution in [0.25, 0.3) is 0 Å². The smallest absolute Gasteiger partial charge is 0.254 e. The molecule has 0 aromatic carbocycles. The standard InChI is InChI=1S/C23H30N4O3S/c1-3-20(28)26-11-9-17-18(14-26)24-21(25-22(17)29)19-8-4-5-10-27(19)23(30)15(2)13-16-7-6-12-31-16/h6-7,12,15,19H,3-5,8-11,13-14H2,1-2H3,(H,24,25,29)/t15-,19+/m0/s1. The Balaban J connectivity index is 1.58. The lowest BCUT2D eigenvalue weighted by atomic mass is 9.97. The van der Waals surface area contributed by atoms with Gasteiger partial charge in [-0.3, -0.25) is 14.4 Å². The second-order valence-electron chi connectivity index (χ2n) is 8.52. The molecule has 0 spiro atoms. The number of nitrogens with zero attached hydrogens (tertiary/aromatic N) is 3. The monoisotopic (exact) mass is 442 g/mol. The largest absolute Gasteiger partial charge is 0.336 e. The van der Waals surface area contributed by atoms with Crippen molar-refractivity contribution in [1.82, 2.24) is 19.8 Å². The molecular weight excluding hydrogens is 412 g/mol. The zero-order valence-corrected chi connectivity index (χ0v) is 19.0. The maximum Gasteiger partial charge on any atom is 0.254 e. The van der Waals surface area contributed by atoms with Crippen molar-refractivity contribution in [3.63, 3.8) is 0 Å². The number of rotatable bonds is 5. The number of carbonyl (C=O) groups excluding carboxylic acids is 2. The molecule has 1 N–H and O–H groups in total. The minimum Gasteiger partial charge on any atom is -0.336 e. The van der Waals surface area contributed by atoms with Crippen LogP contribution in [0.3, 0.4) is 0 Å². The molecular formula is C23H30N4O3S. The first kappa shape index (κ1) is 21.7. The van der Waals surface area contributed by atoms with Crippen LogP contribution in [0.5, 0.6) is 0 Å². The predicted octanol–water partition coefficient (Wildman–Crippen LogP) is 3.06. The van der Waals surface area contributed by atoms with Crippen LogP contribution >= 0.6 is 11.3 Å². The zero-order chi connectivity index (χ0) is 22.0. The highest BCUT2D eigenvalue weighted by Gasteiger charge is 2.33. The zero-order valence-electron chi connectivity index (χ0n) is 18.2. The van der Waals surface area contributed by atoms with Gasteiger partial charge in [0.05, 0.1) is 18.3 Å². The third-order valence-electron chi connectivity index (χ3n) is 6.36. The van der Waals surface area contributed by atoms with Crippen LogP contribution < -0.4 is 5.56 Å². The number of nitrogens with one attached hydrogen (secondary N) is 1. The number of piperidine rings is 1. The number of amides is 2. The Labute approximate surface area is 186 Å². The predicted molar refractivity (Wildman–Crippen MR) is 120 cm³/mol. The van der Waals surface area contributed by atoms with E-state index in [1.54, 1.807) is 16.2 Å². The van der Waals surface area contributed by atoms with E-state index in [1.807, 2.05) is 30.2 Å². The summed E-state index contributed by atoms with van der Waals surface area (Å²) in [5.41, 5.74) is 1.22. The third kappa shape index (κ3) is 4.59. The molecule has 0 radical (unpaired) electrons. The number of fused-ring (bicyclic) bond motifs is 1. The minimum absolute atomic E-state index is 0.0751. The molecule has 7 nitrogen and oxygen atoms in total. The first-order valence-corrected chi connectivity index (χ1v) is 12.1. The summed E-state index contributed by atoms with van der Waals surface area (Å²) in [5, 5.41) is 2.03. The molecule has 2 aromatic rings. The number of hydrogen-bond acceptors (Lipinski definition) is 5. The van der Waals surface area contributed by atoms with Gasteiger partial charge in [0, 0.05) is 35.9 Å². The van der Waals surface area contributed by atoms with Gasteiger partial charge in [0.15, 0.2) is 0 Å². The molecule has 4 heterocycles. The van der Waals surface area contributed by atoms with Crippen molar-refractivity contribution in [3.05, 3.63) is 49.8 Å². The summed E-state index contributed by atoms with van der Waals surface area (Å²) in [5.74, 6) is 0.625. The Bertz CT molecular complexity index is 1000. The molecule has 2 amide bonds. The quantitative estimate of drug-likeness (QED) is 0.771. The van der Waals surface area contributed by atoms with Crippen molar-refractivity contribution in [2.75, 3.05) is 13.1 Å². The Hall–Kier alpha value is -2.48. The van der Waals surface area contributed by atoms with Gasteiger partial charge in [-0.15, -0.1) is 11.3 Å². The number of likely N-dealkylation sites (tertiary alicyclic amines) is 1. The molecule has 2 aromatic heterocycles. The van der Waals surface area contributed by atoms with E-state index < -0.39 is 0 Å². The lowest BCUT2D eigenvalue weighted by molar-refractivity contribution is -0.139. The van der Waals surface area contributed by atoms with Crippen LogP contribution in [0.4, 0.5) is 0 Å². The fourth-order valence-corrected chi connectivity index (χ4v) is 5.47. The molecule has 4 rings (SSSR count). The van der Waals surface area contributed by atoms with Gasteiger partial charge in [0.1, 0.15) is 5.82 Å². The third-order valence-corrected chi connectivity index (χ3v) is 7.26. The SMILES string of the molecule is CCC(=O)N1CCc2c(nc([C@H]3CCCCN3C(=O)[C@@H](C)Cc3cccs3)[nH]c2=O)C1. The van der Waals surface area contributed by atoms with Crippen molar-refractivity contribution < 1.29 is 9.59 Å². The topological polar surface area (TPSA) is 86.4 Å². The molecule has 0 saturated carbocycles. The summed E-state index contributed by atoms with van der Waals surface area (Å²) in [4.78, 5) is 50.9. The van der Waals surface area contributed by atoms with E-state index in [-0.39, 0.29) is 29.3 Å². The van der Waals surface area contributed by atoms with Crippen molar-refractivity contribution >= 4 is 23.2 Å². The Morgan fingerprint density at radius 2 is 2.16 bits per heavy atom. The average molecular weight is 443 g/mol. The van der Waals surface area contributed by atoms with Crippen LogP contribution in [0.2, 0.25) is 0 Å². The fraction of sp³-hybridized carbons (Fsp3) is 0.565. The van der Waals surface area contributed by atoms with E-state index in [9.17, 15) is 14.4 Å². The van der Waals surface area contributed by atoms with E-state index >= 15 is 0 Å². The van der Waals surface area contributed by atoms with Crippen molar-refractivity contribution in [1.29, 1.82) is 0 Å². The Morgan fingerprint density at radius 1 is 1.32 bits per heavy atom. The molecule has 31 heavy (non-hydrogen) atoms. The normalized spacial score (nSPS) is 19.7. The van der Waals surface area contributed by atoms with Crippen LogP contribution in [0.1, 0.15) is 67.5 Å². The van der Waals surface area contributed by atoms with E-state index in [1.165, 1.54) is 4.88 Å². The van der Waals surface area contributed by atoms with Gasteiger partial charge in [0.25, 0.3) is 5.56 Å². The number of aromatic amines is 1. The minimum atomic E-state index is -0.220. The van der Waals surface area contributed by atoms with E-state index in [0.717, 1.165) is 25.7 Å². The molecule has 8 heteroatoms. The first-order chi connectivity index (χ1) is 15.0. The van der Waals surface area contributed by atoms with Crippen molar-refractivity contribution in [2.45, 2.75) is 65.0 Å². The number of hydrogen-bond donors (Lipinski definition) is 1. The Kier molecular flexibility index (Phi) is 6.55. The summed E-state index contributed by atoms with van der Waals surface area (Å²) < 4.78 is 0. The number of thiophene rings is 1. The van der Waals surface area contributed by atoms with Gasteiger partial charge in [-0.05, 0) is 43.6 Å². The lowest BCUT2D eigenvalue weighted by Crippen LogP contribution is -2.44. The van der Waals surface area contributed by atoms with Gasteiger partial charge in [0.2, 0.25) is 11.8 Å². The van der Waals surface area contributed by atoms with Gasteiger partial charge >= 0.3 is 0 Å². The summed E-state index contributed by atoms with van der Waals surface area (Å²) >= 11 is 1.67. The molecule has 2 aliphatic heterocycles. The van der Waals surface area contributed by atoms with Crippen LogP contribution in [0, 0.1) is 5.92 Å². The molecule has 166 valence electrons. The molecule has 1 fully saturated rings.